The van der Waals surface area contributed by atoms with E-state index in [1.54, 1.807) is 11.3 Å². The van der Waals surface area contributed by atoms with Crippen LogP contribution >= 0.6 is 11.3 Å². The average Bonchev–Trinajstić information content (AvgIpc) is 3.21. The SMILES string of the molecule is Cc1ccc(C)c(NC(=O)Cc2csc(-c3ccc(CN4CCN(C)CC4)cc3)n2)c1. The summed E-state index contributed by atoms with van der Waals surface area (Å²) in [6, 6.07) is 14.8. The van der Waals surface area contributed by atoms with Crippen molar-refractivity contribution in [3.05, 3.63) is 70.2 Å². The number of carbonyl (C=O) groups excluding carboxylic acids is 1. The Balaban J connectivity index is 1.34. The number of aromatic nitrogens is 1. The third kappa shape index (κ3) is 5.79. The molecular formula is C25H30N4OS. The predicted molar refractivity (Wildman–Crippen MR) is 129 cm³/mol. The quantitative estimate of drug-likeness (QED) is 0.626. The van der Waals surface area contributed by atoms with E-state index >= 15 is 0 Å². The molecule has 0 radical (unpaired) electrons. The molecule has 1 fully saturated rings. The number of nitrogens with one attached hydrogen (secondary N) is 1. The lowest BCUT2D eigenvalue weighted by Crippen LogP contribution is -2.43. The van der Waals surface area contributed by atoms with Crippen molar-refractivity contribution >= 4 is 22.9 Å². The molecule has 0 saturated carbocycles. The highest BCUT2D eigenvalue weighted by molar-refractivity contribution is 7.13. The highest BCUT2D eigenvalue weighted by atomic mass is 32.1. The highest BCUT2D eigenvalue weighted by Gasteiger charge is 2.14. The molecule has 162 valence electrons. The zero-order chi connectivity index (χ0) is 21.8. The number of rotatable bonds is 6. The molecule has 0 unspecified atom stereocenters. The summed E-state index contributed by atoms with van der Waals surface area (Å²) in [6.07, 6.45) is 0.283. The minimum Gasteiger partial charge on any atom is -0.325 e. The second-order valence-corrected chi connectivity index (χ2v) is 9.32. The number of thiazole rings is 1. The lowest BCUT2D eigenvalue weighted by Gasteiger charge is -2.32. The largest absolute Gasteiger partial charge is 0.325 e. The Kier molecular flexibility index (Phi) is 6.80. The molecular weight excluding hydrogens is 404 g/mol. The second-order valence-electron chi connectivity index (χ2n) is 8.46. The van der Waals surface area contributed by atoms with E-state index in [2.05, 4.69) is 46.4 Å². The molecule has 1 aromatic heterocycles. The smallest absolute Gasteiger partial charge is 0.230 e. The zero-order valence-corrected chi connectivity index (χ0v) is 19.3. The van der Waals surface area contributed by atoms with Crippen molar-refractivity contribution in [2.24, 2.45) is 0 Å². The van der Waals surface area contributed by atoms with Gasteiger partial charge in [0.05, 0.1) is 12.1 Å². The monoisotopic (exact) mass is 434 g/mol. The molecule has 1 aliphatic rings. The number of nitrogens with zero attached hydrogens (tertiary/aromatic N) is 3. The standard InChI is InChI=1S/C25H30N4OS/c1-18-4-5-19(2)23(14-18)27-24(30)15-22-17-31-25(26-22)21-8-6-20(7-9-21)16-29-12-10-28(3)11-13-29/h4-9,14,17H,10-13,15-16H2,1-3H3,(H,27,30). The molecule has 0 atom stereocenters. The van der Waals surface area contributed by atoms with E-state index in [0.717, 1.165) is 65.8 Å². The maximum Gasteiger partial charge on any atom is 0.230 e. The van der Waals surface area contributed by atoms with Crippen molar-refractivity contribution in [3.63, 3.8) is 0 Å². The number of likely N-dealkylation sites (N-methyl/N-ethyl adjacent to an activating group) is 1. The predicted octanol–water partition coefficient (Wildman–Crippen LogP) is 4.36. The number of hydrogen-bond acceptors (Lipinski definition) is 5. The van der Waals surface area contributed by atoms with Crippen molar-refractivity contribution in [1.82, 2.24) is 14.8 Å². The number of hydrogen-bond donors (Lipinski definition) is 1. The summed E-state index contributed by atoms with van der Waals surface area (Å²) in [7, 11) is 2.18. The summed E-state index contributed by atoms with van der Waals surface area (Å²) in [5, 5.41) is 5.96. The zero-order valence-electron chi connectivity index (χ0n) is 18.5. The third-order valence-corrected chi connectivity index (χ3v) is 6.70. The highest BCUT2D eigenvalue weighted by Crippen LogP contribution is 2.25. The van der Waals surface area contributed by atoms with E-state index in [9.17, 15) is 4.79 Å². The van der Waals surface area contributed by atoms with Gasteiger partial charge in [-0.2, -0.15) is 0 Å². The van der Waals surface area contributed by atoms with Crippen LogP contribution in [0.3, 0.4) is 0 Å². The Bertz CT molecular complexity index is 1040. The van der Waals surface area contributed by atoms with E-state index in [1.807, 2.05) is 37.4 Å². The van der Waals surface area contributed by atoms with Gasteiger partial charge in [0.2, 0.25) is 5.91 Å². The summed E-state index contributed by atoms with van der Waals surface area (Å²) < 4.78 is 0. The minimum atomic E-state index is -0.0342. The van der Waals surface area contributed by atoms with E-state index in [-0.39, 0.29) is 12.3 Å². The summed E-state index contributed by atoms with van der Waals surface area (Å²) in [6.45, 7) is 9.54. The van der Waals surface area contributed by atoms with Crippen LogP contribution in [0, 0.1) is 13.8 Å². The Hall–Kier alpha value is -2.54. The van der Waals surface area contributed by atoms with Crippen molar-refractivity contribution in [2.45, 2.75) is 26.8 Å². The first kappa shape index (κ1) is 21.7. The van der Waals surface area contributed by atoms with Crippen LogP contribution in [0.5, 0.6) is 0 Å². The van der Waals surface area contributed by atoms with Gasteiger partial charge in [0, 0.05) is 49.4 Å². The second kappa shape index (κ2) is 9.73. The summed E-state index contributed by atoms with van der Waals surface area (Å²) in [5.41, 5.74) is 6.31. The minimum absolute atomic E-state index is 0.0342. The van der Waals surface area contributed by atoms with Gasteiger partial charge in [-0.05, 0) is 43.7 Å². The van der Waals surface area contributed by atoms with Crippen LogP contribution in [0.15, 0.2) is 47.8 Å². The van der Waals surface area contributed by atoms with Crippen LogP contribution in [-0.2, 0) is 17.8 Å². The average molecular weight is 435 g/mol. The first-order chi connectivity index (χ1) is 15.0. The number of carbonyl (C=O) groups is 1. The van der Waals surface area contributed by atoms with Crippen molar-refractivity contribution in [3.8, 4) is 10.6 Å². The van der Waals surface area contributed by atoms with Gasteiger partial charge in [-0.1, -0.05) is 36.4 Å². The van der Waals surface area contributed by atoms with Crippen LogP contribution in [0.4, 0.5) is 5.69 Å². The Morgan fingerprint density at radius 1 is 1.06 bits per heavy atom. The fourth-order valence-corrected chi connectivity index (χ4v) is 4.59. The molecule has 2 heterocycles. The third-order valence-electron chi connectivity index (χ3n) is 5.76. The topological polar surface area (TPSA) is 48.5 Å². The molecule has 0 aliphatic carbocycles. The van der Waals surface area contributed by atoms with Crippen LogP contribution in [0.25, 0.3) is 10.6 Å². The lowest BCUT2D eigenvalue weighted by molar-refractivity contribution is -0.115. The molecule has 6 heteroatoms. The van der Waals surface area contributed by atoms with Gasteiger partial charge in [-0.25, -0.2) is 4.98 Å². The van der Waals surface area contributed by atoms with E-state index in [4.69, 9.17) is 4.98 Å². The number of benzene rings is 2. The molecule has 1 saturated heterocycles. The fraction of sp³-hybridized carbons (Fsp3) is 0.360. The van der Waals surface area contributed by atoms with Gasteiger partial charge in [0.25, 0.3) is 0 Å². The molecule has 0 spiro atoms. The molecule has 4 rings (SSSR count). The maximum absolute atomic E-state index is 12.5. The Labute approximate surface area is 188 Å². The molecule has 31 heavy (non-hydrogen) atoms. The normalized spacial score (nSPS) is 15.2. The summed E-state index contributed by atoms with van der Waals surface area (Å²) >= 11 is 1.59. The fourth-order valence-electron chi connectivity index (χ4n) is 3.77. The van der Waals surface area contributed by atoms with E-state index in [1.165, 1.54) is 5.56 Å². The van der Waals surface area contributed by atoms with Gasteiger partial charge in [0.15, 0.2) is 0 Å². The number of piperazine rings is 1. The van der Waals surface area contributed by atoms with Crippen LogP contribution in [-0.4, -0.2) is 53.9 Å². The maximum atomic E-state index is 12.5. The first-order valence-electron chi connectivity index (χ1n) is 10.8. The van der Waals surface area contributed by atoms with Gasteiger partial charge < -0.3 is 10.2 Å². The molecule has 1 N–H and O–H groups in total. The summed E-state index contributed by atoms with van der Waals surface area (Å²) in [4.78, 5) is 22.1. The van der Waals surface area contributed by atoms with Gasteiger partial charge in [0.1, 0.15) is 5.01 Å². The molecule has 0 bridgehead atoms. The molecule has 2 aromatic carbocycles. The number of amides is 1. The molecule has 1 amide bonds. The number of anilines is 1. The van der Waals surface area contributed by atoms with E-state index in [0.29, 0.717) is 0 Å². The van der Waals surface area contributed by atoms with Crippen molar-refractivity contribution < 1.29 is 4.79 Å². The van der Waals surface area contributed by atoms with Crippen LogP contribution in [0.1, 0.15) is 22.4 Å². The van der Waals surface area contributed by atoms with Crippen molar-refractivity contribution in [1.29, 1.82) is 0 Å². The Morgan fingerprint density at radius 2 is 1.81 bits per heavy atom. The summed E-state index contributed by atoms with van der Waals surface area (Å²) in [5.74, 6) is -0.0342. The lowest BCUT2D eigenvalue weighted by atomic mass is 10.1. The number of aryl methyl sites for hydroxylation is 2. The van der Waals surface area contributed by atoms with Gasteiger partial charge in [-0.15, -0.1) is 11.3 Å². The van der Waals surface area contributed by atoms with E-state index < -0.39 is 0 Å². The molecule has 1 aliphatic heterocycles. The van der Waals surface area contributed by atoms with Crippen molar-refractivity contribution in [2.75, 3.05) is 38.5 Å². The van der Waals surface area contributed by atoms with Gasteiger partial charge in [-0.3, -0.25) is 9.69 Å². The van der Waals surface area contributed by atoms with Crippen LogP contribution < -0.4 is 5.32 Å². The molecule has 3 aromatic rings. The Morgan fingerprint density at radius 3 is 2.55 bits per heavy atom. The van der Waals surface area contributed by atoms with Gasteiger partial charge >= 0.3 is 0 Å². The van der Waals surface area contributed by atoms with Crippen LogP contribution in [0.2, 0.25) is 0 Å². The molecule has 5 nitrogen and oxygen atoms in total. The first-order valence-corrected chi connectivity index (χ1v) is 11.7.